The zero-order chi connectivity index (χ0) is 15.4. The Hall–Kier alpha value is -1.65. The minimum Gasteiger partial charge on any atom is -0.389 e. The highest BCUT2D eigenvalue weighted by Gasteiger charge is 2.08. The van der Waals surface area contributed by atoms with Crippen LogP contribution in [0, 0.1) is 0 Å². The monoisotopic (exact) mass is 301 g/mol. The van der Waals surface area contributed by atoms with Crippen molar-refractivity contribution in [3.05, 3.63) is 42.0 Å². The third kappa shape index (κ3) is 3.71. The van der Waals surface area contributed by atoms with E-state index in [4.69, 9.17) is 18.0 Å². The second-order valence-electron chi connectivity index (χ2n) is 5.57. The fourth-order valence-electron chi connectivity index (χ4n) is 2.29. The first-order valence-corrected chi connectivity index (χ1v) is 7.67. The molecule has 0 aromatic heterocycles. The summed E-state index contributed by atoms with van der Waals surface area (Å²) < 4.78 is 0. The molecule has 0 radical (unpaired) electrons. The van der Waals surface area contributed by atoms with Crippen molar-refractivity contribution in [2.24, 2.45) is 5.73 Å². The van der Waals surface area contributed by atoms with Gasteiger partial charge in [-0.25, -0.2) is 0 Å². The molecule has 2 aromatic carbocycles. The molecule has 0 aliphatic rings. The average molecular weight is 301 g/mol. The quantitative estimate of drug-likeness (QED) is 0.804. The second-order valence-corrected chi connectivity index (χ2v) is 6.01. The summed E-state index contributed by atoms with van der Waals surface area (Å²) in [7, 11) is 2.14. The van der Waals surface area contributed by atoms with E-state index in [1.165, 1.54) is 0 Å². The van der Waals surface area contributed by atoms with E-state index in [2.05, 4.69) is 49.3 Å². The molecule has 4 heteroatoms. The van der Waals surface area contributed by atoms with Crippen molar-refractivity contribution >= 4 is 33.7 Å². The highest BCUT2D eigenvalue weighted by molar-refractivity contribution is 7.80. The Morgan fingerprint density at radius 3 is 2.48 bits per heavy atom. The molecule has 112 valence electrons. The van der Waals surface area contributed by atoms with Crippen LogP contribution in [0.1, 0.15) is 19.4 Å². The Bertz CT molecular complexity index is 637. The predicted octanol–water partition coefficient (Wildman–Crippen LogP) is 3.23. The summed E-state index contributed by atoms with van der Waals surface area (Å²) in [5.41, 5.74) is 7.87. The van der Waals surface area contributed by atoms with Crippen LogP contribution in [0.2, 0.25) is 0 Å². The summed E-state index contributed by atoms with van der Waals surface area (Å²) >= 11 is 5.13. The van der Waals surface area contributed by atoms with Gasteiger partial charge in [0.2, 0.25) is 0 Å². The largest absolute Gasteiger partial charge is 0.389 e. The van der Waals surface area contributed by atoms with Crippen LogP contribution in [-0.2, 0) is 0 Å². The molecule has 21 heavy (non-hydrogen) atoms. The number of hydrogen-bond acceptors (Lipinski definition) is 3. The van der Waals surface area contributed by atoms with Crippen LogP contribution in [-0.4, -0.2) is 36.1 Å². The van der Waals surface area contributed by atoms with Gasteiger partial charge in [-0.1, -0.05) is 36.5 Å². The maximum atomic E-state index is 5.81. The summed E-state index contributed by atoms with van der Waals surface area (Å²) in [6.45, 7) is 6.31. The summed E-state index contributed by atoms with van der Waals surface area (Å²) in [6.07, 6.45) is 0. The fraction of sp³-hybridized carbons (Fsp3) is 0.353. The fourth-order valence-corrected chi connectivity index (χ4v) is 2.47. The first-order chi connectivity index (χ1) is 10.0. The smallest absolute Gasteiger partial charge is 0.104 e. The molecule has 3 N–H and O–H groups in total. The van der Waals surface area contributed by atoms with Gasteiger partial charge in [0, 0.05) is 35.8 Å². The molecule has 2 aromatic rings. The zero-order valence-corrected chi connectivity index (χ0v) is 13.7. The van der Waals surface area contributed by atoms with Crippen molar-refractivity contribution in [3.8, 4) is 0 Å². The predicted molar refractivity (Wildman–Crippen MR) is 96.1 cm³/mol. The molecule has 0 saturated carbocycles. The van der Waals surface area contributed by atoms with Crippen LogP contribution in [0.5, 0.6) is 0 Å². The van der Waals surface area contributed by atoms with E-state index < -0.39 is 0 Å². The molecule has 0 atom stereocenters. The van der Waals surface area contributed by atoms with E-state index in [-0.39, 0.29) is 0 Å². The van der Waals surface area contributed by atoms with Gasteiger partial charge in [-0.2, -0.15) is 0 Å². The Kier molecular flexibility index (Phi) is 5.15. The van der Waals surface area contributed by atoms with E-state index >= 15 is 0 Å². The van der Waals surface area contributed by atoms with E-state index in [0.717, 1.165) is 35.1 Å². The van der Waals surface area contributed by atoms with Crippen LogP contribution in [0.4, 0.5) is 5.69 Å². The normalized spacial score (nSPS) is 11.3. The van der Waals surface area contributed by atoms with Gasteiger partial charge in [-0.05, 0) is 38.4 Å². The number of nitrogens with one attached hydrogen (secondary N) is 1. The molecule has 2 rings (SSSR count). The van der Waals surface area contributed by atoms with Crippen LogP contribution < -0.4 is 11.1 Å². The van der Waals surface area contributed by atoms with E-state index in [0.29, 0.717) is 11.0 Å². The maximum Gasteiger partial charge on any atom is 0.104 e. The number of fused-ring (bicyclic) bond motifs is 1. The third-order valence-corrected chi connectivity index (χ3v) is 4.07. The molecule has 0 aliphatic heterocycles. The second kappa shape index (κ2) is 6.87. The Labute approximate surface area is 132 Å². The molecule has 0 heterocycles. The SMILES string of the molecule is CC(C)N(C)CCNc1ccc(C(N)=S)c2ccccc12. The van der Waals surface area contributed by atoms with Gasteiger partial charge < -0.3 is 16.0 Å². The molecule has 0 bridgehead atoms. The van der Waals surface area contributed by atoms with Crippen LogP contribution >= 0.6 is 12.2 Å². The van der Waals surface area contributed by atoms with Crippen molar-refractivity contribution < 1.29 is 0 Å². The molecule has 0 aliphatic carbocycles. The Morgan fingerprint density at radius 2 is 1.86 bits per heavy atom. The Morgan fingerprint density at radius 1 is 1.19 bits per heavy atom. The molecular weight excluding hydrogens is 278 g/mol. The van der Waals surface area contributed by atoms with Gasteiger partial charge in [-0.15, -0.1) is 0 Å². The van der Waals surface area contributed by atoms with Crippen molar-refractivity contribution in [2.75, 3.05) is 25.5 Å². The van der Waals surface area contributed by atoms with Crippen LogP contribution in [0.15, 0.2) is 36.4 Å². The van der Waals surface area contributed by atoms with Gasteiger partial charge in [0.05, 0.1) is 0 Å². The van der Waals surface area contributed by atoms with Gasteiger partial charge in [0.15, 0.2) is 0 Å². The molecular formula is C17H23N3S. The molecule has 0 saturated heterocycles. The molecule has 0 amide bonds. The lowest BCUT2D eigenvalue weighted by atomic mass is 10.0. The minimum absolute atomic E-state index is 0.442. The number of nitrogens with two attached hydrogens (primary N) is 1. The zero-order valence-electron chi connectivity index (χ0n) is 12.9. The van der Waals surface area contributed by atoms with Gasteiger partial charge in [0.25, 0.3) is 0 Å². The highest BCUT2D eigenvalue weighted by atomic mass is 32.1. The lowest BCUT2D eigenvalue weighted by molar-refractivity contribution is 0.284. The summed E-state index contributed by atoms with van der Waals surface area (Å²) in [5.74, 6) is 0. The molecule has 0 unspecified atom stereocenters. The molecule has 0 fully saturated rings. The molecule has 3 nitrogen and oxygen atoms in total. The first-order valence-electron chi connectivity index (χ1n) is 7.26. The van der Waals surface area contributed by atoms with Crippen LogP contribution in [0.25, 0.3) is 10.8 Å². The van der Waals surface area contributed by atoms with Gasteiger partial charge in [0.1, 0.15) is 4.99 Å². The topological polar surface area (TPSA) is 41.3 Å². The number of benzene rings is 2. The Balaban J connectivity index is 2.22. The van der Waals surface area contributed by atoms with Crippen molar-refractivity contribution in [2.45, 2.75) is 19.9 Å². The van der Waals surface area contributed by atoms with Gasteiger partial charge >= 0.3 is 0 Å². The van der Waals surface area contributed by atoms with Gasteiger partial charge in [-0.3, -0.25) is 0 Å². The first kappa shape index (κ1) is 15.7. The average Bonchev–Trinajstić information content (AvgIpc) is 2.46. The maximum absolute atomic E-state index is 5.81. The number of nitrogens with zero attached hydrogens (tertiary/aromatic N) is 1. The van der Waals surface area contributed by atoms with Crippen molar-refractivity contribution in [1.29, 1.82) is 0 Å². The lowest BCUT2D eigenvalue weighted by Crippen LogP contribution is -2.31. The van der Waals surface area contributed by atoms with Crippen LogP contribution in [0.3, 0.4) is 0 Å². The van der Waals surface area contributed by atoms with E-state index in [1.807, 2.05) is 18.2 Å². The number of thiocarbonyl (C=S) groups is 1. The minimum atomic E-state index is 0.442. The third-order valence-electron chi connectivity index (χ3n) is 3.85. The molecule has 0 spiro atoms. The summed E-state index contributed by atoms with van der Waals surface area (Å²) in [5, 5.41) is 5.78. The summed E-state index contributed by atoms with van der Waals surface area (Å²) in [4.78, 5) is 2.76. The summed E-state index contributed by atoms with van der Waals surface area (Å²) in [6, 6.07) is 12.8. The standard InChI is InChI=1S/C17H23N3S/c1-12(2)20(3)11-10-19-16-9-8-15(17(18)21)13-6-4-5-7-14(13)16/h4-9,12,19H,10-11H2,1-3H3,(H2,18,21). The lowest BCUT2D eigenvalue weighted by Gasteiger charge is -2.21. The number of hydrogen-bond donors (Lipinski definition) is 2. The van der Waals surface area contributed by atoms with E-state index in [9.17, 15) is 0 Å². The highest BCUT2D eigenvalue weighted by Crippen LogP contribution is 2.26. The van der Waals surface area contributed by atoms with Crippen molar-refractivity contribution in [3.63, 3.8) is 0 Å². The number of likely N-dealkylation sites (N-methyl/N-ethyl adjacent to an activating group) is 1. The van der Waals surface area contributed by atoms with E-state index in [1.54, 1.807) is 0 Å². The number of anilines is 1. The van der Waals surface area contributed by atoms with Crippen molar-refractivity contribution in [1.82, 2.24) is 4.90 Å². The number of rotatable bonds is 6.